The summed E-state index contributed by atoms with van der Waals surface area (Å²) >= 11 is 0. The molecule has 1 aliphatic heterocycles. The summed E-state index contributed by atoms with van der Waals surface area (Å²) in [6, 6.07) is 15.4. The van der Waals surface area contributed by atoms with E-state index in [2.05, 4.69) is 4.90 Å². The number of hydrazine groups is 1. The Morgan fingerprint density at radius 3 is 2.25 bits per heavy atom. The fourth-order valence-electron chi connectivity index (χ4n) is 3.02. The van der Waals surface area contributed by atoms with Crippen LogP contribution >= 0.6 is 0 Å². The van der Waals surface area contributed by atoms with Crippen molar-refractivity contribution in [3.63, 3.8) is 0 Å². The number of rotatable bonds is 4. The van der Waals surface area contributed by atoms with E-state index in [1.165, 1.54) is 6.42 Å². The molecular weight excluding hydrogens is 306 g/mol. The number of hydrogen-bond donors (Lipinski definition) is 0. The van der Waals surface area contributed by atoms with Crippen LogP contribution in [-0.4, -0.2) is 24.0 Å². The molecule has 0 atom stereocenters. The minimum absolute atomic E-state index is 0.294. The van der Waals surface area contributed by atoms with Crippen LogP contribution < -0.4 is 9.91 Å². The highest BCUT2D eigenvalue weighted by Gasteiger charge is 2.31. The van der Waals surface area contributed by atoms with Crippen LogP contribution in [0.2, 0.25) is 0 Å². The maximum Gasteiger partial charge on any atom is 0.320 e. The summed E-state index contributed by atoms with van der Waals surface area (Å²) in [6.07, 6.45) is 3.28. The molecule has 1 fully saturated rings. The van der Waals surface area contributed by atoms with Crippen LogP contribution in [0.1, 0.15) is 29.6 Å². The predicted molar refractivity (Wildman–Crippen MR) is 92.8 cm³/mol. The molecular formula is C18H19N3O3. The van der Waals surface area contributed by atoms with E-state index in [-0.39, 0.29) is 0 Å². The van der Waals surface area contributed by atoms with Gasteiger partial charge in [-0.05, 0) is 48.5 Å². The molecule has 0 aromatic heterocycles. The molecule has 0 unspecified atom stereocenters. The Bertz CT molecular complexity index is 727. The van der Waals surface area contributed by atoms with Crippen LogP contribution in [0.4, 0.5) is 11.4 Å². The van der Waals surface area contributed by atoms with Crippen molar-refractivity contribution >= 4 is 17.3 Å². The van der Waals surface area contributed by atoms with Gasteiger partial charge in [0.25, 0.3) is 0 Å². The van der Waals surface area contributed by atoms with Crippen LogP contribution in [0, 0.1) is 10.1 Å². The van der Waals surface area contributed by atoms with Crippen molar-refractivity contribution < 1.29 is 9.83 Å². The lowest BCUT2D eigenvalue weighted by Gasteiger charge is -2.30. The number of nitrogens with zero attached hydrogens (tertiary/aromatic N) is 3. The van der Waals surface area contributed by atoms with E-state index in [4.69, 9.17) is 0 Å². The molecule has 0 aliphatic carbocycles. The molecule has 24 heavy (non-hydrogen) atoms. The van der Waals surface area contributed by atoms with Crippen LogP contribution in [-0.2, 0) is 0 Å². The summed E-state index contributed by atoms with van der Waals surface area (Å²) in [5, 5.41) is 11.7. The number of para-hydroxylation sites is 2. The van der Waals surface area contributed by atoms with Gasteiger partial charge in [0.05, 0.1) is 5.69 Å². The number of carbonyl (C=O) groups excluding carboxylic acids is 1. The van der Waals surface area contributed by atoms with Gasteiger partial charge >= 0.3 is 5.91 Å². The topological polar surface area (TPSA) is 66.7 Å². The highest BCUT2D eigenvalue weighted by atomic mass is 16.7. The van der Waals surface area contributed by atoms with Crippen molar-refractivity contribution in [3.05, 3.63) is 70.3 Å². The number of anilines is 2. The van der Waals surface area contributed by atoms with E-state index in [0.717, 1.165) is 31.6 Å². The van der Waals surface area contributed by atoms with E-state index < -0.39 is 10.9 Å². The number of piperidine rings is 1. The average molecular weight is 325 g/mol. The molecule has 1 aliphatic rings. The predicted octanol–water partition coefficient (Wildman–Crippen LogP) is 3.52. The van der Waals surface area contributed by atoms with E-state index >= 15 is 0 Å². The fraction of sp³-hybridized carbons (Fsp3) is 0.278. The van der Waals surface area contributed by atoms with Crippen LogP contribution in [0.25, 0.3) is 0 Å². The SMILES string of the molecule is O=C(c1ccccc1)N(c1ccccc1N1CCCCC1)[N+](=O)[O-]. The first-order chi connectivity index (χ1) is 11.7. The van der Waals surface area contributed by atoms with Crippen LogP contribution in [0.5, 0.6) is 0 Å². The Hall–Kier alpha value is -2.89. The quantitative estimate of drug-likeness (QED) is 0.637. The van der Waals surface area contributed by atoms with Gasteiger partial charge in [-0.3, -0.25) is 4.79 Å². The van der Waals surface area contributed by atoms with Crippen molar-refractivity contribution in [2.75, 3.05) is 23.0 Å². The van der Waals surface area contributed by atoms with Crippen molar-refractivity contribution in [1.82, 2.24) is 0 Å². The molecule has 0 radical (unpaired) electrons. The van der Waals surface area contributed by atoms with Gasteiger partial charge in [-0.2, -0.15) is 0 Å². The highest BCUT2D eigenvalue weighted by molar-refractivity contribution is 6.06. The summed E-state index contributed by atoms with van der Waals surface area (Å²) in [5.41, 5.74) is 1.35. The van der Waals surface area contributed by atoms with Gasteiger partial charge < -0.3 is 4.90 Å². The lowest BCUT2D eigenvalue weighted by Crippen LogP contribution is -2.38. The highest BCUT2D eigenvalue weighted by Crippen LogP contribution is 2.32. The van der Waals surface area contributed by atoms with E-state index in [0.29, 0.717) is 16.3 Å². The standard InChI is InChI=1S/C18H19N3O3/c22-18(15-9-3-1-4-10-15)20(21(23)24)17-12-6-5-11-16(17)19-13-7-2-8-14-19/h1,3-6,9-12H,2,7-8,13-14H2. The Morgan fingerprint density at radius 1 is 0.958 bits per heavy atom. The largest absolute Gasteiger partial charge is 0.370 e. The molecule has 1 amide bonds. The summed E-state index contributed by atoms with van der Waals surface area (Å²) in [7, 11) is 0. The molecule has 0 bridgehead atoms. The first-order valence-electron chi connectivity index (χ1n) is 8.06. The second-order valence-corrected chi connectivity index (χ2v) is 5.76. The van der Waals surface area contributed by atoms with Gasteiger partial charge in [0.15, 0.2) is 5.03 Å². The van der Waals surface area contributed by atoms with E-state index in [9.17, 15) is 14.9 Å². The number of benzene rings is 2. The third kappa shape index (κ3) is 3.22. The Labute approximate surface area is 140 Å². The van der Waals surface area contributed by atoms with E-state index in [1.54, 1.807) is 42.5 Å². The zero-order chi connectivity index (χ0) is 16.9. The zero-order valence-corrected chi connectivity index (χ0v) is 13.3. The molecule has 6 nitrogen and oxygen atoms in total. The first-order valence-corrected chi connectivity index (χ1v) is 8.06. The van der Waals surface area contributed by atoms with E-state index in [1.807, 2.05) is 12.1 Å². The minimum Gasteiger partial charge on any atom is -0.370 e. The second-order valence-electron chi connectivity index (χ2n) is 5.76. The zero-order valence-electron chi connectivity index (χ0n) is 13.3. The van der Waals surface area contributed by atoms with Gasteiger partial charge in [0, 0.05) is 18.7 Å². The Balaban J connectivity index is 2.00. The maximum atomic E-state index is 12.7. The molecule has 1 saturated heterocycles. The number of nitro groups is 1. The lowest BCUT2D eigenvalue weighted by atomic mass is 10.1. The van der Waals surface area contributed by atoms with Gasteiger partial charge in [0.1, 0.15) is 5.69 Å². The molecule has 124 valence electrons. The molecule has 2 aromatic carbocycles. The number of hydrogen-bond acceptors (Lipinski definition) is 4. The third-order valence-electron chi connectivity index (χ3n) is 4.18. The molecule has 0 spiro atoms. The van der Waals surface area contributed by atoms with Gasteiger partial charge in [-0.15, -0.1) is 0 Å². The van der Waals surface area contributed by atoms with Crippen molar-refractivity contribution in [1.29, 1.82) is 0 Å². The minimum atomic E-state index is -0.641. The van der Waals surface area contributed by atoms with Crippen LogP contribution in [0.3, 0.4) is 0 Å². The Morgan fingerprint density at radius 2 is 1.58 bits per heavy atom. The maximum absolute atomic E-state index is 12.7. The monoisotopic (exact) mass is 325 g/mol. The molecule has 3 rings (SSSR count). The molecule has 6 heteroatoms. The summed E-state index contributed by atoms with van der Waals surface area (Å²) in [6.45, 7) is 1.70. The average Bonchev–Trinajstić information content (AvgIpc) is 2.63. The van der Waals surface area contributed by atoms with Crippen molar-refractivity contribution in [2.24, 2.45) is 0 Å². The Kier molecular flexibility index (Phi) is 4.74. The van der Waals surface area contributed by atoms with Crippen LogP contribution in [0.15, 0.2) is 54.6 Å². The summed E-state index contributed by atoms with van der Waals surface area (Å²) in [5.74, 6) is -0.634. The second kappa shape index (κ2) is 7.12. The lowest BCUT2D eigenvalue weighted by molar-refractivity contribution is -0.481. The van der Waals surface area contributed by atoms with Crippen molar-refractivity contribution in [3.8, 4) is 0 Å². The molecule has 2 aromatic rings. The molecule has 0 N–H and O–H groups in total. The van der Waals surface area contributed by atoms with Gasteiger partial charge in [-0.25, -0.2) is 10.1 Å². The van der Waals surface area contributed by atoms with Crippen molar-refractivity contribution in [2.45, 2.75) is 19.3 Å². The fourth-order valence-corrected chi connectivity index (χ4v) is 3.02. The normalized spacial score (nSPS) is 14.2. The number of amides is 1. The molecule has 1 heterocycles. The summed E-state index contributed by atoms with van der Waals surface area (Å²) < 4.78 is 0. The first kappa shape index (κ1) is 16.0. The third-order valence-corrected chi connectivity index (χ3v) is 4.18. The molecule has 0 saturated carbocycles. The number of carbonyl (C=O) groups is 1. The van der Waals surface area contributed by atoms with Gasteiger partial charge in [-0.1, -0.05) is 30.3 Å². The smallest absolute Gasteiger partial charge is 0.320 e. The van der Waals surface area contributed by atoms with Gasteiger partial charge in [0.2, 0.25) is 0 Å². The summed E-state index contributed by atoms with van der Waals surface area (Å²) in [4.78, 5) is 26.4.